The lowest BCUT2D eigenvalue weighted by atomic mass is 10.1. The number of ether oxygens (including phenoxy) is 2. The third-order valence-corrected chi connectivity index (χ3v) is 4.99. The van der Waals surface area contributed by atoms with E-state index in [0.717, 1.165) is 10.5 Å². The van der Waals surface area contributed by atoms with Gasteiger partial charge in [-0.3, -0.25) is 19.3 Å². The summed E-state index contributed by atoms with van der Waals surface area (Å²) in [5.41, 5.74) is 1.99. The monoisotopic (exact) mass is 424 g/mol. The molecule has 1 N–H and O–H groups in total. The van der Waals surface area contributed by atoms with Crippen LogP contribution in [-0.4, -0.2) is 55.0 Å². The van der Waals surface area contributed by atoms with E-state index >= 15 is 0 Å². The van der Waals surface area contributed by atoms with Crippen molar-refractivity contribution in [1.29, 1.82) is 0 Å². The van der Waals surface area contributed by atoms with Crippen molar-refractivity contribution in [2.45, 2.75) is 26.4 Å². The van der Waals surface area contributed by atoms with Crippen LogP contribution in [0.15, 0.2) is 42.5 Å². The highest BCUT2D eigenvalue weighted by Crippen LogP contribution is 2.25. The molecule has 1 aliphatic heterocycles. The number of para-hydroxylation sites is 1. The quantitative estimate of drug-likeness (QED) is 0.397. The molecule has 1 heterocycles. The van der Waals surface area contributed by atoms with Crippen LogP contribution < -0.4 is 5.32 Å². The average Bonchev–Trinajstić information content (AvgIpc) is 2.99. The molecule has 0 aromatic heterocycles. The Hall–Kier alpha value is -3.52. The molecule has 162 valence electrons. The zero-order chi connectivity index (χ0) is 22.5. The van der Waals surface area contributed by atoms with E-state index < -0.39 is 29.8 Å². The maximum atomic E-state index is 12.6. The maximum Gasteiger partial charge on any atom is 0.338 e. The molecule has 8 heteroatoms. The number of fused-ring (bicyclic) bond motifs is 1. The van der Waals surface area contributed by atoms with E-state index in [1.54, 1.807) is 19.2 Å². The number of rotatable bonds is 8. The molecule has 1 atom stereocenters. The van der Waals surface area contributed by atoms with E-state index in [9.17, 15) is 19.2 Å². The standard InChI is InChI=1S/C23H24N2O6/c1-14-7-4-5-8-19(14)24-20(26)15(2)31-23(29)16-9-10-17-18(13-16)22(28)25(21(17)27)11-6-12-30-3/h4-5,7-10,13,15H,6,11-12H2,1-3H3,(H,24,26). The second kappa shape index (κ2) is 9.53. The van der Waals surface area contributed by atoms with Crippen LogP contribution in [0.1, 0.15) is 50.0 Å². The number of nitrogens with one attached hydrogen (secondary N) is 1. The predicted octanol–water partition coefficient (Wildman–Crippen LogP) is 2.81. The molecule has 0 fully saturated rings. The first-order valence-corrected chi connectivity index (χ1v) is 9.90. The van der Waals surface area contributed by atoms with Crippen molar-refractivity contribution in [3.05, 3.63) is 64.7 Å². The molecule has 8 nitrogen and oxygen atoms in total. The number of amides is 3. The van der Waals surface area contributed by atoms with Crippen LogP contribution in [-0.2, 0) is 14.3 Å². The summed E-state index contributed by atoms with van der Waals surface area (Å²) in [6.07, 6.45) is -0.534. The summed E-state index contributed by atoms with van der Waals surface area (Å²) in [6.45, 7) is 3.97. The largest absolute Gasteiger partial charge is 0.449 e. The lowest BCUT2D eigenvalue weighted by Crippen LogP contribution is -2.31. The number of hydrogen-bond acceptors (Lipinski definition) is 6. The number of anilines is 1. The second-order valence-electron chi connectivity index (χ2n) is 7.22. The van der Waals surface area contributed by atoms with Crippen LogP contribution in [0.2, 0.25) is 0 Å². The van der Waals surface area contributed by atoms with Gasteiger partial charge in [-0.2, -0.15) is 0 Å². The van der Waals surface area contributed by atoms with Gasteiger partial charge in [0.25, 0.3) is 17.7 Å². The molecule has 1 unspecified atom stereocenters. The van der Waals surface area contributed by atoms with Crippen molar-refractivity contribution in [2.24, 2.45) is 0 Å². The number of nitrogens with zero attached hydrogens (tertiary/aromatic N) is 1. The molecule has 0 spiro atoms. The topological polar surface area (TPSA) is 102 Å². The number of aryl methyl sites for hydroxylation is 1. The number of esters is 1. The zero-order valence-electron chi connectivity index (χ0n) is 17.6. The Morgan fingerprint density at radius 3 is 2.48 bits per heavy atom. The average molecular weight is 424 g/mol. The first kappa shape index (κ1) is 22.2. The van der Waals surface area contributed by atoms with Gasteiger partial charge in [-0.25, -0.2) is 4.79 Å². The molecule has 2 aromatic rings. The fraction of sp³-hybridized carbons (Fsp3) is 0.304. The molecule has 0 radical (unpaired) electrons. The van der Waals surface area contributed by atoms with E-state index in [1.807, 2.05) is 19.1 Å². The number of methoxy groups -OCH3 is 1. The predicted molar refractivity (Wildman–Crippen MR) is 113 cm³/mol. The summed E-state index contributed by atoms with van der Waals surface area (Å²) in [5.74, 6) is -2.09. The zero-order valence-corrected chi connectivity index (χ0v) is 17.6. The van der Waals surface area contributed by atoms with Crippen molar-refractivity contribution in [3.8, 4) is 0 Å². The summed E-state index contributed by atoms with van der Waals surface area (Å²) in [6, 6.07) is 11.4. The smallest absolute Gasteiger partial charge is 0.338 e. The molecule has 0 bridgehead atoms. The highest BCUT2D eigenvalue weighted by molar-refractivity contribution is 6.22. The minimum absolute atomic E-state index is 0.0918. The molecule has 0 saturated heterocycles. The van der Waals surface area contributed by atoms with E-state index in [-0.39, 0.29) is 23.2 Å². The van der Waals surface area contributed by atoms with Crippen LogP contribution in [0.3, 0.4) is 0 Å². The molecule has 0 saturated carbocycles. The summed E-state index contributed by atoms with van der Waals surface area (Å²) in [4.78, 5) is 51.1. The molecule has 3 amide bonds. The van der Waals surface area contributed by atoms with Crippen molar-refractivity contribution < 1.29 is 28.7 Å². The van der Waals surface area contributed by atoms with Gasteiger partial charge in [-0.15, -0.1) is 0 Å². The highest BCUT2D eigenvalue weighted by Gasteiger charge is 2.35. The van der Waals surface area contributed by atoms with Gasteiger partial charge in [0.15, 0.2) is 6.10 Å². The van der Waals surface area contributed by atoms with Gasteiger partial charge in [-0.1, -0.05) is 18.2 Å². The Kier molecular flexibility index (Phi) is 6.81. The third kappa shape index (κ3) is 4.80. The Morgan fingerprint density at radius 1 is 1.06 bits per heavy atom. The van der Waals surface area contributed by atoms with Gasteiger partial charge in [0.1, 0.15) is 0 Å². The summed E-state index contributed by atoms with van der Waals surface area (Å²) in [5, 5.41) is 2.72. The first-order valence-electron chi connectivity index (χ1n) is 9.90. The van der Waals surface area contributed by atoms with Gasteiger partial charge in [0.05, 0.1) is 16.7 Å². The minimum Gasteiger partial charge on any atom is -0.449 e. The highest BCUT2D eigenvalue weighted by atomic mass is 16.5. The van der Waals surface area contributed by atoms with Gasteiger partial charge in [0, 0.05) is 25.9 Å². The molecule has 1 aliphatic rings. The van der Waals surface area contributed by atoms with Crippen LogP contribution in [0, 0.1) is 6.92 Å². The van der Waals surface area contributed by atoms with Crippen molar-refractivity contribution in [1.82, 2.24) is 4.90 Å². The molecule has 2 aromatic carbocycles. The molecule has 3 rings (SSSR count). The van der Waals surface area contributed by atoms with Crippen LogP contribution in [0.5, 0.6) is 0 Å². The number of carbonyl (C=O) groups is 4. The van der Waals surface area contributed by atoms with E-state index in [0.29, 0.717) is 18.7 Å². The van der Waals surface area contributed by atoms with E-state index in [2.05, 4.69) is 5.32 Å². The van der Waals surface area contributed by atoms with Crippen molar-refractivity contribution in [2.75, 3.05) is 25.6 Å². The van der Waals surface area contributed by atoms with Gasteiger partial charge >= 0.3 is 5.97 Å². The Labute approximate surface area is 180 Å². The lowest BCUT2D eigenvalue weighted by Gasteiger charge is -2.15. The van der Waals surface area contributed by atoms with Crippen LogP contribution >= 0.6 is 0 Å². The SMILES string of the molecule is COCCCN1C(=O)c2ccc(C(=O)OC(C)C(=O)Nc3ccccc3C)cc2C1=O. The van der Waals surface area contributed by atoms with Crippen LogP contribution in [0.4, 0.5) is 5.69 Å². The van der Waals surface area contributed by atoms with Crippen LogP contribution in [0.25, 0.3) is 0 Å². The Balaban J connectivity index is 1.67. The maximum absolute atomic E-state index is 12.6. The van der Waals surface area contributed by atoms with Crippen molar-refractivity contribution in [3.63, 3.8) is 0 Å². The Bertz CT molecular complexity index is 1030. The van der Waals surface area contributed by atoms with Gasteiger partial charge in [-0.05, 0) is 50.1 Å². The summed E-state index contributed by atoms with van der Waals surface area (Å²) < 4.78 is 10.2. The summed E-state index contributed by atoms with van der Waals surface area (Å²) >= 11 is 0. The third-order valence-electron chi connectivity index (χ3n) is 4.99. The molecular weight excluding hydrogens is 400 g/mol. The normalized spacial score (nSPS) is 13.7. The van der Waals surface area contributed by atoms with Crippen molar-refractivity contribution >= 4 is 29.4 Å². The number of hydrogen-bond donors (Lipinski definition) is 1. The van der Waals surface area contributed by atoms with E-state index in [4.69, 9.17) is 9.47 Å². The fourth-order valence-corrected chi connectivity index (χ4v) is 3.22. The second-order valence-corrected chi connectivity index (χ2v) is 7.22. The summed E-state index contributed by atoms with van der Waals surface area (Å²) in [7, 11) is 1.54. The molecular formula is C23H24N2O6. The number of carbonyl (C=O) groups excluding carboxylic acids is 4. The van der Waals surface area contributed by atoms with E-state index in [1.165, 1.54) is 25.1 Å². The molecule has 0 aliphatic carbocycles. The first-order chi connectivity index (χ1) is 14.8. The lowest BCUT2D eigenvalue weighted by molar-refractivity contribution is -0.123. The minimum atomic E-state index is -1.05. The van der Waals surface area contributed by atoms with Gasteiger partial charge in [0.2, 0.25) is 0 Å². The van der Waals surface area contributed by atoms with Gasteiger partial charge < -0.3 is 14.8 Å². The fourth-order valence-electron chi connectivity index (χ4n) is 3.22. The Morgan fingerprint density at radius 2 is 1.77 bits per heavy atom. The molecule has 31 heavy (non-hydrogen) atoms. The number of imide groups is 1. The number of benzene rings is 2.